The van der Waals surface area contributed by atoms with Crippen molar-refractivity contribution in [3.8, 4) is 0 Å². The van der Waals surface area contributed by atoms with Gasteiger partial charge in [0.1, 0.15) is 11.9 Å². The highest BCUT2D eigenvalue weighted by molar-refractivity contribution is 5.71. The number of nitrogens with zero attached hydrogens (tertiary/aromatic N) is 4. The fourth-order valence-electron chi connectivity index (χ4n) is 3.12. The number of hydrogen-bond donors (Lipinski definition) is 0. The van der Waals surface area contributed by atoms with Crippen LogP contribution in [0.25, 0.3) is 0 Å². The van der Waals surface area contributed by atoms with Crippen LogP contribution in [0.15, 0.2) is 18.2 Å². The maximum atomic E-state index is 13.5. The Hall–Kier alpha value is -1.89. The van der Waals surface area contributed by atoms with Crippen molar-refractivity contribution in [2.75, 3.05) is 56.1 Å². The third kappa shape index (κ3) is 2.99. The molecule has 0 amide bonds. The SMILES string of the molecule is CN1CCN(c2ccc([N+](=O)[O-])c(N3CCC(F)C3)c2)CC1. The van der Waals surface area contributed by atoms with Crippen molar-refractivity contribution in [1.82, 2.24) is 4.90 Å². The van der Waals surface area contributed by atoms with Crippen LogP contribution >= 0.6 is 0 Å². The lowest BCUT2D eigenvalue weighted by molar-refractivity contribution is -0.384. The van der Waals surface area contributed by atoms with Gasteiger partial charge in [0.15, 0.2) is 0 Å². The number of nitro benzene ring substituents is 1. The summed E-state index contributed by atoms with van der Waals surface area (Å²) in [5.74, 6) is 0. The molecule has 120 valence electrons. The summed E-state index contributed by atoms with van der Waals surface area (Å²) < 4.78 is 13.5. The minimum Gasteiger partial charge on any atom is -0.369 e. The number of nitro groups is 1. The Morgan fingerprint density at radius 1 is 1.18 bits per heavy atom. The highest BCUT2D eigenvalue weighted by atomic mass is 19.1. The van der Waals surface area contributed by atoms with Gasteiger partial charge in [-0.05, 0) is 25.6 Å². The number of benzene rings is 1. The number of hydrogen-bond acceptors (Lipinski definition) is 5. The Bertz CT molecular complexity index is 560. The summed E-state index contributed by atoms with van der Waals surface area (Å²) in [6.07, 6.45) is -0.456. The number of piperazine rings is 1. The molecule has 2 aliphatic heterocycles. The van der Waals surface area contributed by atoms with Gasteiger partial charge in [-0.25, -0.2) is 4.39 Å². The molecule has 22 heavy (non-hydrogen) atoms. The molecule has 7 heteroatoms. The van der Waals surface area contributed by atoms with Gasteiger partial charge in [0.2, 0.25) is 0 Å². The Kier molecular flexibility index (Phi) is 4.15. The third-order valence-corrected chi connectivity index (χ3v) is 4.50. The predicted octanol–water partition coefficient (Wildman–Crippen LogP) is 1.89. The van der Waals surface area contributed by atoms with Crippen LogP contribution in [0.2, 0.25) is 0 Å². The number of halogens is 1. The van der Waals surface area contributed by atoms with Crippen molar-refractivity contribution in [1.29, 1.82) is 0 Å². The fourth-order valence-corrected chi connectivity index (χ4v) is 3.12. The molecule has 0 N–H and O–H groups in total. The Morgan fingerprint density at radius 3 is 2.50 bits per heavy atom. The molecule has 3 rings (SSSR count). The van der Waals surface area contributed by atoms with E-state index in [1.54, 1.807) is 17.0 Å². The highest BCUT2D eigenvalue weighted by Crippen LogP contribution is 2.35. The fraction of sp³-hybridized carbons (Fsp3) is 0.600. The Balaban J connectivity index is 1.88. The second kappa shape index (κ2) is 6.08. The van der Waals surface area contributed by atoms with Gasteiger partial charge in [-0.15, -0.1) is 0 Å². The van der Waals surface area contributed by atoms with Crippen molar-refractivity contribution in [3.05, 3.63) is 28.3 Å². The largest absolute Gasteiger partial charge is 0.369 e. The maximum absolute atomic E-state index is 13.5. The first-order chi connectivity index (χ1) is 10.5. The van der Waals surface area contributed by atoms with E-state index in [0.29, 0.717) is 18.7 Å². The van der Waals surface area contributed by atoms with Crippen LogP contribution in [0.3, 0.4) is 0 Å². The van der Waals surface area contributed by atoms with E-state index >= 15 is 0 Å². The number of alkyl halides is 1. The number of rotatable bonds is 3. The summed E-state index contributed by atoms with van der Waals surface area (Å²) in [7, 11) is 2.09. The van der Waals surface area contributed by atoms with Crippen molar-refractivity contribution >= 4 is 17.1 Å². The van der Waals surface area contributed by atoms with Gasteiger partial charge in [0, 0.05) is 51.0 Å². The third-order valence-electron chi connectivity index (χ3n) is 4.50. The van der Waals surface area contributed by atoms with Gasteiger partial charge in [-0.1, -0.05) is 0 Å². The molecule has 0 bridgehead atoms. The molecule has 0 spiro atoms. The number of likely N-dealkylation sites (N-methyl/N-ethyl adjacent to an activating group) is 1. The van der Waals surface area contributed by atoms with E-state index in [1.807, 2.05) is 6.07 Å². The van der Waals surface area contributed by atoms with Gasteiger partial charge in [-0.3, -0.25) is 10.1 Å². The van der Waals surface area contributed by atoms with Crippen LogP contribution < -0.4 is 9.80 Å². The first-order valence-electron chi connectivity index (χ1n) is 7.65. The molecule has 0 aromatic heterocycles. The van der Waals surface area contributed by atoms with E-state index in [-0.39, 0.29) is 17.2 Å². The van der Waals surface area contributed by atoms with E-state index in [9.17, 15) is 14.5 Å². The quantitative estimate of drug-likeness (QED) is 0.630. The molecule has 0 aliphatic carbocycles. The molecule has 1 aromatic rings. The average Bonchev–Trinajstić information content (AvgIpc) is 2.94. The summed E-state index contributed by atoms with van der Waals surface area (Å²) >= 11 is 0. The zero-order chi connectivity index (χ0) is 15.7. The van der Waals surface area contributed by atoms with E-state index in [0.717, 1.165) is 31.9 Å². The van der Waals surface area contributed by atoms with Crippen LogP contribution in [-0.2, 0) is 0 Å². The Morgan fingerprint density at radius 2 is 1.91 bits per heavy atom. The summed E-state index contributed by atoms with van der Waals surface area (Å²) in [4.78, 5) is 17.2. The molecular formula is C15H21FN4O2. The second-order valence-corrected chi connectivity index (χ2v) is 6.05. The lowest BCUT2D eigenvalue weighted by atomic mass is 10.2. The summed E-state index contributed by atoms with van der Waals surface area (Å²) in [5.41, 5.74) is 1.59. The van der Waals surface area contributed by atoms with Crippen molar-refractivity contribution in [2.45, 2.75) is 12.6 Å². The molecule has 0 radical (unpaired) electrons. The van der Waals surface area contributed by atoms with Crippen LogP contribution in [0.4, 0.5) is 21.5 Å². The summed E-state index contributed by atoms with van der Waals surface area (Å²) in [6, 6.07) is 5.20. The Labute approximate surface area is 129 Å². The zero-order valence-electron chi connectivity index (χ0n) is 12.7. The lowest BCUT2D eigenvalue weighted by Crippen LogP contribution is -2.44. The molecule has 1 unspecified atom stereocenters. The zero-order valence-corrected chi connectivity index (χ0v) is 12.7. The van der Waals surface area contributed by atoms with Crippen molar-refractivity contribution in [2.24, 2.45) is 0 Å². The average molecular weight is 308 g/mol. The minimum absolute atomic E-state index is 0.0620. The summed E-state index contributed by atoms with van der Waals surface area (Å²) in [5, 5.41) is 11.3. The lowest BCUT2D eigenvalue weighted by Gasteiger charge is -2.34. The highest BCUT2D eigenvalue weighted by Gasteiger charge is 2.28. The van der Waals surface area contributed by atoms with Crippen LogP contribution in [0.5, 0.6) is 0 Å². The molecule has 2 fully saturated rings. The summed E-state index contributed by atoms with van der Waals surface area (Å²) in [6.45, 7) is 4.53. The van der Waals surface area contributed by atoms with Gasteiger partial charge >= 0.3 is 0 Å². The standard InChI is InChI=1S/C15H21FN4O2/c1-17-6-8-18(9-7-17)13-2-3-14(20(21)22)15(10-13)19-5-4-12(16)11-19/h2-3,10,12H,4-9,11H2,1H3. The van der Waals surface area contributed by atoms with Crippen LogP contribution in [0, 0.1) is 10.1 Å². The first kappa shape index (κ1) is 15.0. The van der Waals surface area contributed by atoms with E-state index < -0.39 is 6.17 Å². The van der Waals surface area contributed by atoms with Gasteiger partial charge in [0.05, 0.1) is 4.92 Å². The van der Waals surface area contributed by atoms with E-state index in [4.69, 9.17) is 0 Å². The van der Waals surface area contributed by atoms with Crippen molar-refractivity contribution < 1.29 is 9.31 Å². The predicted molar refractivity (Wildman–Crippen MR) is 84.5 cm³/mol. The normalized spacial score (nSPS) is 23.1. The first-order valence-corrected chi connectivity index (χ1v) is 7.65. The van der Waals surface area contributed by atoms with Crippen LogP contribution in [0.1, 0.15) is 6.42 Å². The van der Waals surface area contributed by atoms with Gasteiger partial charge < -0.3 is 14.7 Å². The molecule has 1 atom stereocenters. The molecule has 2 aliphatic rings. The molecule has 2 saturated heterocycles. The van der Waals surface area contributed by atoms with Gasteiger partial charge in [-0.2, -0.15) is 0 Å². The topological polar surface area (TPSA) is 52.9 Å². The molecule has 2 heterocycles. The van der Waals surface area contributed by atoms with E-state index in [2.05, 4.69) is 16.8 Å². The second-order valence-electron chi connectivity index (χ2n) is 6.05. The van der Waals surface area contributed by atoms with Crippen LogP contribution in [-0.4, -0.2) is 62.3 Å². The molecule has 6 nitrogen and oxygen atoms in total. The van der Waals surface area contributed by atoms with E-state index in [1.165, 1.54) is 0 Å². The molecule has 0 saturated carbocycles. The monoisotopic (exact) mass is 308 g/mol. The smallest absolute Gasteiger partial charge is 0.292 e. The van der Waals surface area contributed by atoms with Crippen molar-refractivity contribution in [3.63, 3.8) is 0 Å². The number of anilines is 2. The minimum atomic E-state index is -0.896. The molecule has 1 aromatic carbocycles. The molecular weight excluding hydrogens is 287 g/mol. The van der Waals surface area contributed by atoms with Gasteiger partial charge in [0.25, 0.3) is 5.69 Å². The maximum Gasteiger partial charge on any atom is 0.292 e.